The second-order valence-corrected chi connectivity index (χ2v) is 11.1. The van der Waals surface area contributed by atoms with E-state index in [9.17, 15) is 9.90 Å². The molecule has 5 nitrogen and oxygen atoms in total. The maximum absolute atomic E-state index is 13.5. The minimum absolute atomic E-state index is 0.0307. The standard InChI is InChI=1S/C38H32N2O3/c1-24-22-34(40-32-15-6-8-17-35(32)43-36-18-9-7-16-33(36)40)25(2)21-30(24)28-20-19-26-11-10-14-29(37(26)31(28)23-41)38(42)39-27-12-4-3-5-13-27/h3-22,32,35,41H,23H2,1-2H3,(H,39,42). The molecule has 2 N–H and O–H groups in total. The van der Waals surface area contributed by atoms with E-state index in [-0.39, 0.29) is 24.7 Å². The molecule has 212 valence electrons. The maximum atomic E-state index is 13.5. The van der Waals surface area contributed by atoms with Crippen molar-refractivity contribution >= 4 is 33.7 Å². The number of allylic oxidation sites excluding steroid dienone is 2. The van der Waals surface area contributed by atoms with E-state index < -0.39 is 0 Å². The first kappa shape index (κ1) is 26.7. The summed E-state index contributed by atoms with van der Waals surface area (Å²) >= 11 is 0. The molecule has 2 aliphatic rings. The van der Waals surface area contributed by atoms with Crippen LogP contribution >= 0.6 is 0 Å². The molecule has 0 saturated heterocycles. The first-order valence-corrected chi connectivity index (χ1v) is 14.6. The van der Waals surface area contributed by atoms with Crippen molar-refractivity contribution in [1.29, 1.82) is 0 Å². The van der Waals surface area contributed by atoms with Gasteiger partial charge in [-0.1, -0.05) is 72.8 Å². The number of para-hydroxylation sites is 3. The lowest BCUT2D eigenvalue weighted by atomic mass is 9.88. The third-order valence-electron chi connectivity index (χ3n) is 8.42. The van der Waals surface area contributed by atoms with E-state index in [0.29, 0.717) is 5.56 Å². The van der Waals surface area contributed by atoms with E-state index in [1.807, 2.05) is 78.9 Å². The van der Waals surface area contributed by atoms with Gasteiger partial charge in [-0.25, -0.2) is 0 Å². The summed E-state index contributed by atoms with van der Waals surface area (Å²) in [5.74, 6) is 0.658. The molecule has 5 aromatic carbocycles. The number of rotatable bonds is 5. The molecule has 0 bridgehead atoms. The van der Waals surface area contributed by atoms with Crippen LogP contribution in [0.5, 0.6) is 5.75 Å². The number of hydrogen-bond donors (Lipinski definition) is 2. The SMILES string of the molecule is Cc1cc(N2c3ccccc3OC3C=CC=CC32)c(C)cc1-c1ccc2cccc(C(=O)Nc3ccccc3)c2c1CO. The molecule has 0 radical (unpaired) electrons. The highest BCUT2D eigenvalue weighted by Crippen LogP contribution is 2.45. The number of anilines is 3. The van der Waals surface area contributed by atoms with Gasteiger partial charge in [-0.15, -0.1) is 0 Å². The molecule has 43 heavy (non-hydrogen) atoms. The van der Waals surface area contributed by atoms with Crippen LogP contribution in [-0.4, -0.2) is 23.2 Å². The highest BCUT2D eigenvalue weighted by atomic mass is 16.5. The Kier molecular flexibility index (Phi) is 6.80. The number of nitrogens with one attached hydrogen (secondary N) is 1. The van der Waals surface area contributed by atoms with Crippen LogP contribution in [0.3, 0.4) is 0 Å². The number of carbonyl (C=O) groups excluding carboxylic acids is 1. The average Bonchev–Trinajstić information content (AvgIpc) is 3.04. The number of amides is 1. The average molecular weight is 565 g/mol. The fourth-order valence-electron chi connectivity index (χ4n) is 6.40. The summed E-state index contributed by atoms with van der Waals surface area (Å²) in [6.07, 6.45) is 8.34. The van der Waals surface area contributed by atoms with Crippen LogP contribution in [0.1, 0.15) is 27.0 Å². The van der Waals surface area contributed by atoms with Crippen LogP contribution < -0.4 is 15.0 Å². The minimum atomic E-state index is -0.206. The summed E-state index contributed by atoms with van der Waals surface area (Å²) in [7, 11) is 0. The van der Waals surface area contributed by atoms with Crippen LogP contribution in [0.15, 0.2) is 121 Å². The summed E-state index contributed by atoms with van der Waals surface area (Å²) in [5, 5.41) is 15.4. The fourth-order valence-corrected chi connectivity index (χ4v) is 6.40. The Morgan fingerprint density at radius 2 is 1.60 bits per heavy atom. The molecule has 0 aromatic heterocycles. The Morgan fingerprint density at radius 3 is 2.44 bits per heavy atom. The Hall–Kier alpha value is -5.13. The number of hydrogen-bond acceptors (Lipinski definition) is 4. The number of aliphatic hydroxyl groups is 1. The molecule has 7 rings (SSSR count). The topological polar surface area (TPSA) is 61.8 Å². The molecule has 0 saturated carbocycles. The molecule has 1 heterocycles. The van der Waals surface area contributed by atoms with Gasteiger partial charge >= 0.3 is 0 Å². The number of aliphatic hydroxyl groups excluding tert-OH is 1. The lowest BCUT2D eigenvalue weighted by Gasteiger charge is -2.43. The predicted octanol–water partition coefficient (Wildman–Crippen LogP) is 8.26. The minimum Gasteiger partial charge on any atom is -0.482 e. The number of benzene rings is 5. The molecular formula is C38H32N2O3. The van der Waals surface area contributed by atoms with Crippen molar-refractivity contribution in [1.82, 2.24) is 0 Å². The van der Waals surface area contributed by atoms with Crippen molar-refractivity contribution in [3.05, 3.63) is 144 Å². The van der Waals surface area contributed by atoms with E-state index in [1.165, 1.54) is 0 Å². The van der Waals surface area contributed by atoms with Crippen LogP contribution in [-0.2, 0) is 6.61 Å². The fraction of sp³-hybridized carbons (Fsp3) is 0.132. The molecule has 5 heteroatoms. The molecule has 1 aliphatic carbocycles. The normalized spacial score (nSPS) is 16.9. The predicted molar refractivity (Wildman–Crippen MR) is 174 cm³/mol. The molecule has 1 aliphatic heterocycles. The van der Waals surface area contributed by atoms with Gasteiger partial charge in [-0.2, -0.15) is 0 Å². The zero-order chi connectivity index (χ0) is 29.5. The van der Waals surface area contributed by atoms with Crippen LogP contribution in [0.2, 0.25) is 0 Å². The van der Waals surface area contributed by atoms with E-state index in [0.717, 1.165) is 61.4 Å². The second kappa shape index (κ2) is 10.9. The Labute approximate surface area is 251 Å². The second-order valence-electron chi connectivity index (χ2n) is 11.1. The highest BCUT2D eigenvalue weighted by Gasteiger charge is 2.35. The van der Waals surface area contributed by atoms with Crippen LogP contribution in [0, 0.1) is 13.8 Å². The molecular weight excluding hydrogens is 532 g/mol. The van der Waals surface area contributed by atoms with Crippen molar-refractivity contribution in [2.45, 2.75) is 32.6 Å². The van der Waals surface area contributed by atoms with E-state index in [4.69, 9.17) is 4.74 Å². The smallest absolute Gasteiger partial charge is 0.256 e. The number of carbonyl (C=O) groups is 1. The van der Waals surface area contributed by atoms with Gasteiger partial charge in [0.05, 0.1) is 18.3 Å². The summed E-state index contributed by atoms with van der Waals surface area (Å²) in [6.45, 7) is 4.05. The molecule has 5 aromatic rings. The summed E-state index contributed by atoms with van der Waals surface area (Å²) in [6, 6.07) is 31.9. The van der Waals surface area contributed by atoms with Crippen molar-refractivity contribution in [2.75, 3.05) is 10.2 Å². The zero-order valence-electron chi connectivity index (χ0n) is 24.1. The highest BCUT2D eigenvalue weighted by molar-refractivity contribution is 6.14. The summed E-state index contributed by atoms with van der Waals surface area (Å²) in [5.41, 5.74) is 8.29. The van der Waals surface area contributed by atoms with Crippen molar-refractivity contribution < 1.29 is 14.6 Å². The van der Waals surface area contributed by atoms with Gasteiger partial charge in [0.2, 0.25) is 0 Å². The van der Waals surface area contributed by atoms with E-state index >= 15 is 0 Å². The first-order chi connectivity index (χ1) is 21.0. The Morgan fingerprint density at radius 1 is 0.814 bits per heavy atom. The number of ether oxygens (including phenoxy) is 1. The first-order valence-electron chi connectivity index (χ1n) is 14.6. The van der Waals surface area contributed by atoms with Gasteiger partial charge in [0, 0.05) is 22.3 Å². The third kappa shape index (κ3) is 4.68. The summed E-state index contributed by atoms with van der Waals surface area (Å²) < 4.78 is 6.35. The lowest BCUT2D eigenvalue weighted by Crippen LogP contribution is -2.46. The molecule has 0 fully saturated rings. The van der Waals surface area contributed by atoms with Crippen LogP contribution in [0.4, 0.5) is 17.1 Å². The van der Waals surface area contributed by atoms with Gasteiger partial charge in [0.1, 0.15) is 11.9 Å². The van der Waals surface area contributed by atoms with Gasteiger partial charge in [-0.05, 0) is 95.6 Å². The largest absolute Gasteiger partial charge is 0.482 e. The van der Waals surface area contributed by atoms with Crippen LogP contribution in [0.25, 0.3) is 21.9 Å². The van der Waals surface area contributed by atoms with Crippen molar-refractivity contribution in [2.24, 2.45) is 0 Å². The third-order valence-corrected chi connectivity index (χ3v) is 8.42. The quantitative estimate of drug-likeness (QED) is 0.226. The number of fused-ring (bicyclic) bond motifs is 3. The van der Waals surface area contributed by atoms with Gasteiger partial charge in [-0.3, -0.25) is 4.79 Å². The van der Waals surface area contributed by atoms with Crippen molar-refractivity contribution in [3.8, 4) is 16.9 Å². The number of nitrogens with zero attached hydrogens (tertiary/aromatic N) is 1. The molecule has 1 amide bonds. The maximum Gasteiger partial charge on any atom is 0.256 e. The van der Waals surface area contributed by atoms with E-state index in [1.54, 1.807) is 0 Å². The lowest BCUT2D eigenvalue weighted by molar-refractivity contribution is 0.102. The van der Waals surface area contributed by atoms with Gasteiger partial charge in [0.15, 0.2) is 0 Å². The Balaban J connectivity index is 1.34. The van der Waals surface area contributed by atoms with Gasteiger partial charge in [0.25, 0.3) is 5.91 Å². The zero-order valence-corrected chi connectivity index (χ0v) is 24.1. The number of aryl methyl sites for hydroxylation is 2. The molecule has 2 unspecified atom stereocenters. The van der Waals surface area contributed by atoms with E-state index in [2.05, 4.69) is 66.6 Å². The monoisotopic (exact) mass is 564 g/mol. The molecule has 0 spiro atoms. The van der Waals surface area contributed by atoms with Gasteiger partial charge < -0.3 is 20.1 Å². The Bertz CT molecular complexity index is 1930. The summed E-state index contributed by atoms with van der Waals surface area (Å²) in [4.78, 5) is 15.9. The van der Waals surface area contributed by atoms with Crippen molar-refractivity contribution in [3.63, 3.8) is 0 Å². The molecule has 2 atom stereocenters.